The van der Waals surface area contributed by atoms with Crippen molar-refractivity contribution in [3.05, 3.63) is 0 Å². The molecule has 0 atom stereocenters. The zero-order chi connectivity index (χ0) is 5.54. The van der Waals surface area contributed by atoms with Gasteiger partial charge in [-0.05, 0) is 0 Å². The summed E-state index contributed by atoms with van der Waals surface area (Å²) in [5.41, 5.74) is 5.14. The smallest absolute Gasteiger partial charge is 0.0230 e. The molecule has 0 radical (unpaired) electrons. The third-order valence-corrected chi connectivity index (χ3v) is 0.483. The Morgan fingerprint density at radius 1 is 1.71 bits per heavy atom. The van der Waals surface area contributed by atoms with Crippen molar-refractivity contribution in [1.29, 1.82) is 0 Å². The maximum Gasteiger partial charge on any atom is 0.0230 e. The van der Waals surface area contributed by atoms with Gasteiger partial charge >= 0.3 is 0 Å². The lowest BCUT2D eigenvalue weighted by Crippen LogP contribution is -1.97. The van der Waals surface area contributed by atoms with Crippen molar-refractivity contribution in [1.82, 2.24) is 5.32 Å². The summed E-state index contributed by atoms with van der Waals surface area (Å²) < 4.78 is 0. The Bertz CT molecular complexity index is 77.8. The van der Waals surface area contributed by atoms with Crippen LogP contribution in [0.4, 0.5) is 0 Å². The maximum absolute atomic E-state index is 5.14. The van der Waals surface area contributed by atoms with Gasteiger partial charge in [0, 0.05) is 26.1 Å². The van der Waals surface area contributed by atoms with Crippen molar-refractivity contribution in [2.45, 2.75) is 6.42 Å². The second-order valence-corrected chi connectivity index (χ2v) is 1.09. The zero-order valence-corrected chi connectivity index (χ0v) is 4.49. The third kappa shape index (κ3) is 5.32. The highest BCUT2D eigenvalue weighted by Gasteiger charge is 1.65. The second kappa shape index (κ2) is 5.32. The van der Waals surface area contributed by atoms with E-state index in [1.165, 1.54) is 0 Å². The van der Waals surface area contributed by atoms with Crippen molar-refractivity contribution in [2.24, 2.45) is 5.73 Å². The Hall–Kier alpha value is -0.680. The van der Waals surface area contributed by atoms with Crippen LogP contribution < -0.4 is 11.1 Å². The molecule has 0 aliphatic heterocycles. The number of hydrogen-bond donors (Lipinski definition) is 2. The van der Waals surface area contributed by atoms with Gasteiger partial charge in [-0.25, -0.2) is 0 Å². The lowest BCUT2D eigenvalue weighted by Gasteiger charge is -1.77. The molecule has 0 bridgehead atoms. The van der Waals surface area contributed by atoms with E-state index in [4.69, 9.17) is 5.73 Å². The number of hydrogen-bond acceptors (Lipinski definition) is 2. The molecule has 3 N–H and O–H groups in total. The number of rotatable bonds is 1. The van der Waals surface area contributed by atoms with Crippen LogP contribution in [0.25, 0.3) is 0 Å². The van der Waals surface area contributed by atoms with Crippen LogP contribution in [0.2, 0.25) is 0 Å². The predicted molar refractivity (Wildman–Crippen MR) is 30.5 cm³/mol. The fourth-order valence-corrected chi connectivity index (χ4v) is 0.223. The van der Waals surface area contributed by atoms with Crippen LogP contribution in [0, 0.1) is 12.0 Å². The van der Waals surface area contributed by atoms with Crippen LogP contribution in [0.3, 0.4) is 0 Å². The van der Waals surface area contributed by atoms with E-state index in [2.05, 4.69) is 17.3 Å². The molecule has 0 aromatic rings. The quantitative estimate of drug-likeness (QED) is 0.343. The van der Waals surface area contributed by atoms with Crippen molar-refractivity contribution in [3.63, 3.8) is 0 Å². The molecule has 0 aromatic heterocycles. The van der Waals surface area contributed by atoms with Crippen LogP contribution >= 0.6 is 0 Å². The summed E-state index contributed by atoms with van der Waals surface area (Å²) in [6.07, 6.45) is 0.779. The first kappa shape index (κ1) is 6.32. The van der Waals surface area contributed by atoms with E-state index in [-0.39, 0.29) is 0 Å². The van der Waals surface area contributed by atoms with E-state index in [1.807, 2.05) is 0 Å². The lowest BCUT2D eigenvalue weighted by molar-refractivity contribution is 1.03. The monoisotopic (exact) mass is 98.1 g/mol. The molecule has 40 valence electrons. The maximum atomic E-state index is 5.14. The third-order valence-electron chi connectivity index (χ3n) is 0.483. The molecule has 2 nitrogen and oxygen atoms in total. The molecule has 0 rings (SSSR count). The molecule has 0 unspecified atom stereocenters. The number of nitrogens with two attached hydrogens (primary N) is 1. The van der Waals surface area contributed by atoms with Gasteiger partial charge < -0.3 is 11.1 Å². The Morgan fingerprint density at radius 3 is 2.86 bits per heavy atom. The van der Waals surface area contributed by atoms with Crippen molar-refractivity contribution in [3.8, 4) is 12.0 Å². The SMILES string of the molecule is CNC#CCCN. The van der Waals surface area contributed by atoms with E-state index in [0.29, 0.717) is 6.54 Å². The van der Waals surface area contributed by atoms with Gasteiger partial charge in [0.15, 0.2) is 0 Å². The summed E-state index contributed by atoms with van der Waals surface area (Å²) in [4.78, 5) is 0. The van der Waals surface area contributed by atoms with Crippen molar-refractivity contribution >= 4 is 0 Å². The average molecular weight is 98.1 g/mol. The van der Waals surface area contributed by atoms with Gasteiger partial charge in [0.1, 0.15) is 0 Å². The van der Waals surface area contributed by atoms with Crippen molar-refractivity contribution < 1.29 is 0 Å². The molecule has 0 heterocycles. The summed E-state index contributed by atoms with van der Waals surface area (Å²) in [6, 6.07) is 2.67. The van der Waals surface area contributed by atoms with E-state index in [9.17, 15) is 0 Å². The molecule has 0 amide bonds. The topological polar surface area (TPSA) is 38.0 Å². The van der Waals surface area contributed by atoms with Crippen molar-refractivity contribution in [2.75, 3.05) is 13.6 Å². The van der Waals surface area contributed by atoms with Crippen LogP contribution in [-0.2, 0) is 0 Å². The lowest BCUT2D eigenvalue weighted by atomic mass is 10.5. The summed E-state index contributed by atoms with van der Waals surface area (Å²) in [5.74, 6) is 2.80. The molecular formula is C5H10N2. The predicted octanol–water partition coefficient (Wildman–Crippen LogP) is -0.484. The molecule has 0 fully saturated rings. The van der Waals surface area contributed by atoms with Gasteiger partial charge in [-0.2, -0.15) is 0 Å². The molecule has 0 saturated heterocycles. The van der Waals surface area contributed by atoms with Crippen LogP contribution in [-0.4, -0.2) is 13.6 Å². The van der Waals surface area contributed by atoms with Gasteiger partial charge in [0.25, 0.3) is 0 Å². The molecular weight excluding hydrogens is 88.1 g/mol. The Kier molecular flexibility index (Phi) is 4.80. The minimum absolute atomic E-state index is 0.648. The molecule has 0 aliphatic rings. The van der Waals surface area contributed by atoms with Crippen LogP contribution in [0.5, 0.6) is 0 Å². The Labute approximate surface area is 44.1 Å². The molecule has 2 heteroatoms. The largest absolute Gasteiger partial charge is 0.349 e. The van der Waals surface area contributed by atoms with Gasteiger partial charge in [-0.3, -0.25) is 0 Å². The minimum Gasteiger partial charge on any atom is -0.349 e. The van der Waals surface area contributed by atoms with E-state index >= 15 is 0 Å². The first-order chi connectivity index (χ1) is 3.41. The first-order valence-electron chi connectivity index (χ1n) is 2.26. The standard InChI is InChI=1S/C5H10N2/c1-7-5-3-2-4-6/h7H,2,4,6H2,1H3. The average Bonchev–Trinajstić information content (AvgIpc) is 1.69. The Morgan fingerprint density at radius 2 is 2.43 bits per heavy atom. The highest BCUT2D eigenvalue weighted by Crippen LogP contribution is 1.62. The van der Waals surface area contributed by atoms with E-state index < -0.39 is 0 Å². The Balaban J connectivity index is 2.91. The molecule has 0 saturated carbocycles. The zero-order valence-electron chi connectivity index (χ0n) is 4.49. The second-order valence-electron chi connectivity index (χ2n) is 1.09. The van der Waals surface area contributed by atoms with Crippen LogP contribution in [0.15, 0.2) is 0 Å². The first-order valence-corrected chi connectivity index (χ1v) is 2.26. The summed E-state index contributed by atoms with van der Waals surface area (Å²) in [6.45, 7) is 0.648. The normalized spacial score (nSPS) is 6.57. The van der Waals surface area contributed by atoms with Gasteiger partial charge in [-0.1, -0.05) is 5.92 Å². The van der Waals surface area contributed by atoms with Gasteiger partial charge in [-0.15, -0.1) is 0 Å². The highest BCUT2D eigenvalue weighted by molar-refractivity contribution is 4.95. The van der Waals surface area contributed by atoms with Crippen LogP contribution in [0.1, 0.15) is 6.42 Å². The molecule has 7 heavy (non-hydrogen) atoms. The molecule has 0 spiro atoms. The highest BCUT2D eigenvalue weighted by atomic mass is 14.8. The van der Waals surface area contributed by atoms with Gasteiger partial charge in [0.05, 0.1) is 0 Å². The summed E-state index contributed by atoms with van der Waals surface area (Å²) >= 11 is 0. The molecule has 0 aromatic carbocycles. The summed E-state index contributed by atoms with van der Waals surface area (Å²) in [7, 11) is 1.78. The minimum atomic E-state index is 0.648. The van der Waals surface area contributed by atoms with E-state index in [0.717, 1.165) is 6.42 Å². The fraction of sp³-hybridized carbons (Fsp3) is 0.600. The van der Waals surface area contributed by atoms with Gasteiger partial charge in [0.2, 0.25) is 0 Å². The summed E-state index contributed by atoms with van der Waals surface area (Å²) in [5, 5.41) is 2.69. The molecule has 0 aliphatic carbocycles. The fourth-order valence-electron chi connectivity index (χ4n) is 0.223. The van der Waals surface area contributed by atoms with E-state index in [1.54, 1.807) is 7.05 Å². The number of nitrogens with one attached hydrogen (secondary N) is 1.